The molecule has 0 saturated heterocycles. The van der Waals surface area contributed by atoms with Crippen LogP contribution in [0.25, 0.3) is 5.76 Å². The lowest BCUT2D eigenvalue weighted by Gasteiger charge is -2.34. The molecule has 0 amide bonds. The van der Waals surface area contributed by atoms with Crippen LogP contribution in [0, 0.1) is 18.6 Å². The van der Waals surface area contributed by atoms with Gasteiger partial charge in [0.05, 0.1) is 12.8 Å². The third kappa shape index (κ3) is 5.78. The van der Waals surface area contributed by atoms with Crippen molar-refractivity contribution in [3.8, 4) is 0 Å². The SMILES string of the molecule is C=C(OCCCC)c1cc(N2C(C)=CC(OCc3ncc(F)cc3F)=CC2C(=O)O)c(C)cn1. The number of unbranched alkanes of at least 4 members (excludes halogenated alkanes) is 1. The van der Waals surface area contributed by atoms with Crippen molar-refractivity contribution in [1.29, 1.82) is 0 Å². The van der Waals surface area contributed by atoms with Crippen LogP contribution in [0.15, 0.2) is 54.7 Å². The van der Waals surface area contributed by atoms with E-state index >= 15 is 0 Å². The lowest BCUT2D eigenvalue weighted by atomic mass is 10.1. The Balaban J connectivity index is 1.85. The molecule has 0 aromatic carbocycles. The number of aryl methyl sites for hydroxylation is 1. The second-order valence-corrected chi connectivity index (χ2v) is 7.86. The predicted octanol–water partition coefficient (Wildman–Crippen LogP) is 5.13. The van der Waals surface area contributed by atoms with Crippen LogP contribution in [0.4, 0.5) is 14.5 Å². The fourth-order valence-corrected chi connectivity index (χ4v) is 3.42. The Morgan fingerprint density at radius 3 is 2.68 bits per heavy atom. The molecule has 0 spiro atoms. The smallest absolute Gasteiger partial charge is 0.330 e. The summed E-state index contributed by atoms with van der Waals surface area (Å²) in [5.41, 5.74) is 2.42. The average Bonchev–Trinajstić information content (AvgIpc) is 2.78. The third-order valence-electron chi connectivity index (χ3n) is 5.24. The topological polar surface area (TPSA) is 84.8 Å². The number of rotatable bonds is 10. The number of pyridine rings is 2. The normalized spacial score (nSPS) is 15.4. The highest BCUT2D eigenvalue weighted by atomic mass is 19.1. The number of carboxylic acids is 1. The molecule has 2 aromatic rings. The lowest BCUT2D eigenvalue weighted by Crippen LogP contribution is -2.41. The number of ether oxygens (including phenoxy) is 2. The maximum Gasteiger partial charge on any atom is 0.330 e. The Bertz CT molecular complexity index is 1150. The van der Waals surface area contributed by atoms with Gasteiger partial charge in [-0.25, -0.2) is 13.6 Å². The van der Waals surface area contributed by atoms with Crippen molar-refractivity contribution in [3.63, 3.8) is 0 Å². The summed E-state index contributed by atoms with van der Waals surface area (Å²) in [6.45, 7) is 9.82. The van der Waals surface area contributed by atoms with Crippen LogP contribution in [-0.4, -0.2) is 33.7 Å². The molecule has 9 heteroatoms. The summed E-state index contributed by atoms with van der Waals surface area (Å²) in [4.78, 5) is 21.9. The van der Waals surface area contributed by atoms with E-state index in [4.69, 9.17) is 9.47 Å². The minimum Gasteiger partial charge on any atom is -0.492 e. The minimum atomic E-state index is -1.10. The first kappa shape index (κ1) is 24.9. The summed E-state index contributed by atoms with van der Waals surface area (Å²) in [6, 6.07) is 1.37. The van der Waals surface area contributed by atoms with Gasteiger partial charge in [0, 0.05) is 23.6 Å². The second-order valence-electron chi connectivity index (χ2n) is 7.86. The first-order valence-electron chi connectivity index (χ1n) is 10.8. The van der Waals surface area contributed by atoms with Crippen LogP contribution in [0.5, 0.6) is 0 Å². The summed E-state index contributed by atoms with van der Waals surface area (Å²) in [7, 11) is 0. The summed E-state index contributed by atoms with van der Waals surface area (Å²) in [5, 5.41) is 9.94. The van der Waals surface area contributed by atoms with Gasteiger partial charge in [0.15, 0.2) is 11.9 Å². The molecule has 1 aliphatic heterocycles. The Morgan fingerprint density at radius 2 is 2.00 bits per heavy atom. The number of allylic oxidation sites excluding steroid dienone is 2. The molecule has 1 N–H and O–H groups in total. The second kappa shape index (κ2) is 10.9. The number of anilines is 1. The van der Waals surface area contributed by atoms with Crippen LogP contribution in [0.2, 0.25) is 0 Å². The maximum atomic E-state index is 13.9. The van der Waals surface area contributed by atoms with Crippen molar-refractivity contribution < 1.29 is 28.2 Å². The van der Waals surface area contributed by atoms with E-state index in [2.05, 4.69) is 23.5 Å². The molecule has 3 heterocycles. The first-order valence-corrected chi connectivity index (χ1v) is 10.8. The molecule has 2 aromatic heterocycles. The van der Waals surface area contributed by atoms with Crippen LogP contribution < -0.4 is 4.90 Å². The monoisotopic (exact) mass is 471 g/mol. The zero-order chi connectivity index (χ0) is 24.8. The quantitative estimate of drug-likeness (QED) is 0.380. The van der Waals surface area contributed by atoms with E-state index in [1.165, 1.54) is 6.08 Å². The van der Waals surface area contributed by atoms with Crippen molar-refractivity contribution in [2.24, 2.45) is 0 Å². The molecule has 7 nitrogen and oxygen atoms in total. The number of hydrogen-bond donors (Lipinski definition) is 1. The van der Waals surface area contributed by atoms with E-state index in [0.717, 1.165) is 24.6 Å². The molecule has 1 aliphatic rings. The number of nitrogens with zero attached hydrogens (tertiary/aromatic N) is 3. The Labute approximate surface area is 197 Å². The largest absolute Gasteiger partial charge is 0.492 e. The standard InChI is InChI=1S/C25H27F2N3O4/c1-5-6-7-33-17(4)21-11-23(15(2)12-28-21)30-16(3)8-19(10-24(30)25(31)32)34-14-22-20(27)9-18(26)13-29-22/h8-13,24H,4-7,14H2,1-3H3,(H,31,32). The van der Waals surface area contributed by atoms with E-state index in [0.29, 0.717) is 35.5 Å². The van der Waals surface area contributed by atoms with Gasteiger partial charge < -0.3 is 19.5 Å². The van der Waals surface area contributed by atoms with Gasteiger partial charge in [-0.1, -0.05) is 19.9 Å². The molecule has 180 valence electrons. The summed E-state index contributed by atoms with van der Waals surface area (Å²) >= 11 is 0. The summed E-state index contributed by atoms with van der Waals surface area (Å²) in [5.74, 6) is -2.08. The number of carbonyl (C=O) groups is 1. The van der Waals surface area contributed by atoms with E-state index in [1.807, 2.05) is 6.92 Å². The Kier molecular flexibility index (Phi) is 7.99. The van der Waals surface area contributed by atoms with E-state index in [-0.39, 0.29) is 18.1 Å². The summed E-state index contributed by atoms with van der Waals surface area (Å²) in [6.07, 6.45) is 7.47. The third-order valence-corrected chi connectivity index (χ3v) is 5.24. The average molecular weight is 472 g/mol. The van der Waals surface area contributed by atoms with Gasteiger partial charge in [-0.3, -0.25) is 9.97 Å². The Hall–Kier alpha value is -3.75. The molecule has 1 unspecified atom stereocenters. The number of hydrogen-bond acceptors (Lipinski definition) is 6. The van der Waals surface area contributed by atoms with Crippen molar-refractivity contribution >= 4 is 17.4 Å². The molecule has 34 heavy (non-hydrogen) atoms. The van der Waals surface area contributed by atoms with E-state index in [1.54, 1.807) is 30.2 Å². The highest BCUT2D eigenvalue weighted by molar-refractivity contribution is 5.84. The minimum absolute atomic E-state index is 0.0844. The molecule has 0 bridgehead atoms. The Morgan fingerprint density at radius 1 is 1.24 bits per heavy atom. The van der Waals surface area contributed by atoms with Gasteiger partial charge in [0.25, 0.3) is 0 Å². The lowest BCUT2D eigenvalue weighted by molar-refractivity contribution is -0.137. The summed E-state index contributed by atoms with van der Waals surface area (Å²) < 4.78 is 38.2. The van der Waals surface area contributed by atoms with Gasteiger partial charge in [0.2, 0.25) is 0 Å². The fraction of sp³-hybridized carbons (Fsp3) is 0.320. The van der Waals surface area contributed by atoms with Gasteiger partial charge in [0.1, 0.15) is 35.3 Å². The predicted molar refractivity (Wildman–Crippen MR) is 124 cm³/mol. The number of halogens is 2. The van der Waals surface area contributed by atoms with Crippen molar-refractivity contribution in [1.82, 2.24) is 9.97 Å². The van der Waals surface area contributed by atoms with Gasteiger partial charge in [-0.05, 0) is 44.1 Å². The first-order chi connectivity index (χ1) is 16.2. The zero-order valence-electron chi connectivity index (χ0n) is 19.3. The molecule has 0 radical (unpaired) electrons. The molecular formula is C25H27F2N3O4. The fourth-order valence-electron chi connectivity index (χ4n) is 3.42. The molecular weight excluding hydrogens is 444 g/mol. The van der Waals surface area contributed by atoms with Crippen molar-refractivity contribution in [2.75, 3.05) is 11.5 Å². The zero-order valence-corrected chi connectivity index (χ0v) is 19.3. The van der Waals surface area contributed by atoms with Gasteiger partial charge >= 0.3 is 5.97 Å². The van der Waals surface area contributed by atoms with Crippen LogP contribution in [0.1, 0.15) is 43.6 Å². The molecule has 0 fully saturated rings. The number of aliphatic carboxylic acids is 1. The maximum absolute atomic E-state index is 13.9. The van der Waals surface area contributed by atoms with Gasteiger partial charge in [-0.2, -0.15) is 0 Å². The highest BCUT2D eigenvalue weighted by Crippen LogP contribution is 2.32. The van der Waals surface area contributed by atoms with E-state index < -0.39 is 23.6 Å². The van der Waals surface area contributed by atoms with Crippen molar-refractivity contribution in [3.05, 3.63) is 83.3 Å². The van der Waals surface area contributed by atoms with E-state index in [9.17, 15) is 18.7 Å². The number of aromatic nitrogens is 2. The van der Waals surface area contributed by atoms with Crippen molar-refractivity contribution in [2.45, 2.75) is 46.3 Å². The van der Waals surface area contributed by atoms with Crippen LogP contribution >= 0.6 is 0 Å². The number of carboxylic acid groups (broad SMARTS) is 1. The molecule has 0 aliphatic carbocycles. The van der Waals surface area contributed by atoms with Gasteiger partial charge in [-0.15, -0.1) is 0 Å². The van der Waals surface area contributed by atoms with Crippen LogP contribution in [0.3, 0.4) is 0 Å². The molecule has 3 rings (SSSR count). The highest BCUT2D eigenvalue weighted by Gasteiger charge is 2.31. The van der Waals surface area contributed by atoms with Crippen LogP contribution in [-0.2, 0) is 20.9 Å². The molecule has 0 saturated carbocycles. The molecule has 1 atom stereocenters.